The molecule has 2 nitrogen and oxygen atoms in total. The van der Waals surface area contributed by atoms with Crippen LogP contribution in [0.2, 0.25) is 5.02 Å². The number of benzene rings is 1. The van der Waals surface area contributed by atoms with Gasteiger partial charge in [0.2, 0.25) is 5.91 Å². The highest BCUT2D eigenvalue weighted by Crippen LogP contribution is 2.61. The van der Waals surface area contributed by atoms with Crippen molar-refractivity contribution in [2.24, 2.45) is 23.2 Å². The SMILES string of the molecule is C[C@H](NC(=O)Cc1ccc(Cl)cc1)C12CC3CC(CC(C3)C1)C2. The lowest BCUT2D eigenvalue weighted by Crippen LogP contribution is -2.56. The fourth-order valence-electron chi connectivity index (χ4n) is 5.94. The molecule has 4 bridgehead atoms. The van der Waals surface area contributed by atoms with Crippen molar-refractivity contribution in [1.29, 1.82) is 0 Å². The largest absolute Gasteiger partial charge is 0.353 e. The van der Waals surface area contributed by atoms with E-state index < -0.39 is 0 Å². The van der Waals surface area contributed by atoms with Crippen molar-refractivity contribution in [2.75, 3.05) is 0 Å². The highest BCUT2D eigenvalue weighted by molar-refractivity contribution is 6.30. The number of hydrogen-bond donors (Lipinski definition) is 1. The number of carbonyl (C=O) groups is 1. The molecule has 0 aromatic heterocycles. The van der Waals surface area contributed by atoms with Crippen LogP contribution in [-0.4, -0.2) is 11.9 Å². The molecule has 3 heteroatoms. The lowest BCUT2D eigenvalue weighted by molar-refractivity contribution is -0.125. The van der Waals surface area contributed by atoms with E-state index in [1.165, 1.54) is 38.5 Å². The molecule has 5 rings (SSSR count). The lowest BCUT2D eigenvalue weighted by atomic mass is 9.48. The topological polar surface area (TPSA) is 29.1 Å². The second kappa shape index (κ2) is 5.81. The number of hydrogen-bond acceptors (Lipinski definition) is 1. The van der Waals surface area contributed by atoms with Crippen LogP contribution in [-0.2, 0) is 11.2 Å². The van der Waals surface area contributed by atoms with Gasteiger partial charge in [0.05, 0.1) is 6.42 Å². The van der Waals surface area contributed by atoms with E-state index >= 15 is 0 Å². The summed E-state index contributed by atoms with van der Waals surface area (Å²) in [7, 11) is 0. The predicted octanol–water partition coefficient (Wildman–Crippen LogP) is 4.60. The third kappa shape index (κ3) is 3.03. The van der Waals surface area contributed by atoms with E-state index in [4.69, 9.17) is 11.6 Å². The first-order chi connectivity index (χ1) is 11.0. The highest BCUT2D eigenvalue weighted by atomic mass is 35.5. The quantitative estimate of drug-likeness (QED) is 0.858. The molecule has 0 heterocycles. The van der Waals surface area contributed by atoms with Crippen molar-refractivity contribution in [3.05, 3.63) is 34.9 Å². The first-order valence-electron chi connectivity index (χ1n) is 9.06. The van der Waals surface area contributed by atoms with Gasteiger partial charge in [-0.3, -0.25) is 4.79 Å². The van der Waals surface area contributed by atoms with Crippen LogP contribution in [0, 0.1) is 23.2 Å². The molecule has 1 amide bonds. The van der Waals surface area contributed by atoms with Crippen molar-refractivity contribution in [2.45, 2.75) is 57.9 Å². The number of nitrogens with one attached hydrogen (secondary N) is 1. The third-order valence-corrected chi connectivity index (χ3v) is 6.91. The van der Waals surface area contributed by atoms with E-state index in [-0.39, 0.29) is 5.91 Å². The van der Waals surface area contributed by atoms with Crippen LogP contribution in [0.3, 0.4) is 0 Å². The summed E-state index contributed by atoms with van der Waals surface area (Å²) in [5.41, 5.74) is 1.41. The standard InChI is InChI=1S/C20H26ClNO/c1-13(22-19(23)9-14-2-4-18(21)5-3-14)20-10-15-6-16(11-20)8-17(7-15)12-20/h2-5,13,15-17H,6-12H2,1H3,(H,22,23)/t13-,15?,16?,17?,20?/m0/s1. The molecular formula is C20H26ClNO. The normalized spacial score (nSPS) is 36.0. The number of carbonyl (C=O) groups excluding carboxylic acids is 1. The maximum atomic E-state index is 12.5. The van der Waals surface area contributed by atoms with E-state index in [0.717, 1.165) is 28.3 Å². The first-order valence-corrected chi connectivity index (χ1v) is 9.44. The molecule has 4 saturated carbocycles. The minimum Gasteiger partial charge on any atom is -0.353 e. The van der Waals surface area contributed by atoms with Gasteiger partial charge in [-0.05, 0) is 86.3 Å². The smallest absolute Gasteiger partial charge is 0.224 e. The van der Waals surface area contributed by atoms with Gasteiger partial charge in [0, 0.05) is 11.1 Å². The second-order valence-electron chi connectivity index (χ2n) is 8.37. The molecule has 0 aliphatic heterocycles. The minimum atomic E-state index is 0.149. The van der Waals surface area contributed by atoms with E-state index in [1.807, 2.05) is 24.3 Å². The average molecular weight is 332 g/mol. The van der Waals surface area contributed by atoms with Gasteiger partial charge in [-0.2, -0.15) is 0 Å². The van der Waals surface area contributed by atoms with Crippen molar-refractivity contribution < 1.29 is 4.79 Å². The Balaban J connectivity index is 1.40. The van der Waals surface area contributed by atoms with Gasteiger partial charge >= 0.3 is 0 Å². The van der Waals surface area contributed by atoms with Gasteiger partial charge in [-0.1, -0.05) is 23.7 Å². The molecule has 1 aromatic carbocycles. The van der Waals surface area contributed by atoms with Crippen molar-refractivity contribution in [3.8, 4) is 0 Å². The molecule has 0 unspecified atom stereocenters. The zero-order valence-corrected chi connectivity index (χ0v) is 14.6. The zero-order chi connectivity index (χ0) is 16.0. The molecular weight excluding hydrogens is 306 g/mol. The molecule has 1 atom stereocenters. The number of amides is 1. The van der Waals surface area contributed by atoms with E-state index in [1.54, 1.807) is 0 Å². The van der Waals surface area contributed by atoms with Crippen molar-refractivity contribution in [1.82, 2.24) is 5.32 Å². The van der Waals surface area contributed by atoms with E-state index in [2.05, 4.69) is 12.2 Å². The van der Waals surface area contributed by atoms with Crippen LogP contribution in [0.5, 0.6) is 0 Å². The summed E-state index contributed by atoms with van der Waals surface area (Å²) in [5, 5.41) is 4.05. The summed E-state index contributed by atoms with van der Waals surface area (Å²) in [6, 6.07) is 7.89. The molecule has 4 aliphatic rings. The van der Waals surface area contributed by atoms with Gasteiger partial charge in [-0.15, -0.1) is 0 Å². The molecule has 1 N–H and O–H groups in total. The van der Waals surface area contributed by atoms with Gasteiger partial charge < -0.3 is 5.32 Å². The Bertz CT molecular complexity index is 559. The first kappa shape index (κ1) is 15.5. The van der Waals surface area contributed by atoms with Gasteiger partial charge in [0.25, 0.3) is 0 Å². The molecule has 4 aliphatic carbocycles. The van der Waals surface area contributed by atoms with Crippen molar-refractivity contribution in [3.63, 3.8) is 0 Å². The van der Waals surface area contributed by atoms with E-state index in [0.29, 0.717) is 17.9 Å². The van der Waals surface area contributed by atoms with Crippen LogP contribution in [0.15, 0.2) is 24.3 Å². The van der Waals surface area contributed by atoms with Gasteiger partial charge in [0.15, 0.2) is 0 Å². The Labute approximate surface area is 144 Å². The molecule has 1 aromatic rings. The zero-order valence-electron chi connectivity index (χ0n) is 13.9. The maximum Gasteiger partial charge on any atom is 0.224 e. The van der Waals surface area contributed by atoms with Crippen molar-refractivity contribution >= 4 is 17.5 Å². The highest BCUT2D eigenvalue weighted by Gasteiger charge is 2.53. The molecule has 0 radical (unpaired) electrons. The fraction of sp³-hybridized carbons (Fsp3) is 0.650. The molecule has 124 valence electrons. The average Bonchev–Trinajstić information content (AvgIpc) is 2.48. The fourth-order valence-corrected chi connectivity index (χ4v) is 6.07. The van der Waals surface area contributed by atoms with Gasteiger partial charge in [-0.25, -0.2) is 0 Å². The summed E-state index contributed by atoms with van der Waals surface area (Å²) < 4.78 is 0. The molecule has 0 spiro atoms. The van der Waals surface area contributed by atoms with Crippen LogP contribution < -0.4 is 5.32 Å². The molecule has 4 fully saturated rings. The van der Waals surface area contributed by atoms with Crippen LogP contribution >= 0.6 is 11.6 Å². The maximum absolute atomic E-state index is 12.5. The summed E-state index contributed by atoms with van der Waals surface area (Å²) in [6.45, 7) is 2.24. The Morgan fingerprint density at radius 1 is 1.13 bits per heavy atom. The summed E-state index contributed by atoms with van der Waals surface area (Å²) in [5.74, 6) is 2.93. The Kier molecular flexibility index (Phi) is 3.91. The lowest BCUT2D eigenvalue weighted by Gasteiger charge is -2.59. The van der Waals surface area contributed by atoms with Gasteiger partial charge in [0.1, 0.15) is 0 Å². The monoisotopic (exact) mass is 331 g/mol. The predicted molar refractivity (Wildman–Crippen MR) is 93.4 cm³/mol. The van der Waals surface area contributed by atoms with Crippen LogP contribution in [0.4, 0.5) is 0 Å². The number of halogens is 1. The van der Waals surface area contributed by atoms with Crippen LogP contribution in [0.25, 0.3) is 0 Å². The summed E-state index contributed by atoms with van der Waals surface area (Å²) in [4.78, 5) is 12.5. The number of rotatable bonds is 4. The summed E-state index contributed by atoms with van der Waals surface area (Å²) in [6.07, 6.45) is 8.80. The minimum absolute atomic E-state index is 0.149. The molecule has 0 saturated heterocycles. The third-order valence-electron chi connectivity index (χ3n) is 6.66. The summed E-state index contributed by atoms with van der Waals surface area (Å²) >= 11 is 5.91. The van der Waals surface area contributed by atoms with Crippen LogP contribution in [0.1, 0.15) is 51.0 Å². The van der Waals surface area contributed by atoms with E-state index in [9.17, 15) is 4.79 Å². The molecule has 23 heavy (non-hydrogen) atoms. The second-order valence-corrected chi connectivity index (χ2v) is 8.81. The Morgan fingerprint density at radius 2 is 1.65 bits per heavy atom. The Hall–Kier alpha value is -1.02. The Morgan fingerprint density at radius 3 is 2.17 bits per heavy atom.